The molecule has 7 heteroatoms. The lowest BCUT2D eigenvalue weighted by molar-refractivity contribution is -0.138. The van der Waals surface area contributed by atoms with E-state index in [-0.39, 0.29) is 35.6 Å². The van der Waals surface area contributed by atoms with Crippen LogP contribution >= 0.6 is 0 Å². The first-order chi connectivity index (χ1) is 13.6. The van der Waals surface area contributed by atoms with E-state index in [9.17, 15) is 14.4 Å². The molecule has 5 rings (SSSR count). The number of hydrogen-bond acceptors (Lipinski definition) is 4. The third-order valence-corrected chi connectivity index (χ3v) is 6.28. The van der Waals surface area contributed by atoms with Gasteiger partial charge in [-0.15, -0.1) is 0 Å². The minimum absolute atomic E-state index is 0.00357. The number of likely N-dealkylation sites (tertiary alicyclic amines) is 2. The molecule has 2 saturated heterocycles. The molecule has 0 unspecified atom stereocenters. The first-order valence-corrected chi connectivity index (χ1v) is 9.87. The van der Waals surface area contributed by atoms with Gasteiger partial charge in [-0.2, -0.15) is 0 Å². The molecule has 0 N–H and O–H groups in total. The molecule has 2 aromatic rings. The Balaban J connectivity index is 1.29. The van der Waals surface area contributed by atoms with Crippen molar-refractivity contribution in [3.8, 4) is 0 Å². The van der Waals surface area contributed by atoms with E-state index in [2.05, 4.69) is 0 Å². The van der Waals surface area contributed by atoms with Gasteiger partial charge in [-0.25, -0.2) is 0 Å². The lowest BCUT2D eigenvalue weighted by atomic mass is 9.82. The standard InChI is InChI=1S/C21H23N3O4/c25-19-5-1-4-18-15-7-14(10-24(18)19)9-23(11-15)21(27)16-8-20(26)22(12-16)13-17-3-2-6-28-17/h1-6,14-16H,7-13H2/t14-,15+,16-/m1/s1. The second-order valence-electron chi connectivity index (χ2n) is 8.20. The minimum atomic E-state index is -0.292. The molecule has 7 nitrogen and oxygen atoms in total. The summed E-state index contributed by atoms with van der Waals surface area (Å²) in [5.41, 5.74) is 1.07. The molecular formula is C21H23N3O4. The van der Waals surface area contributed by atoms with Gasteiger partial charge in [-0.3, -0.25) is 14.4 Å². The molecule has 3 aliphatic heterocycles. The number of rotatable bonds is 3. The van der Waals surface area contributed by atoms with Crippen LogP contribution < -0.4 is 5.56 Å². The van der Waals surface area contributed by atoms with E-state index in [1.54, 1.807) is 29.4 Å². The Hall–Kier alpha value is -2.83. The van der Waals surface area contributed by atoms with Crippen LogP contribution in [0.4, 0.5) is 0 Å². The average molecular weight is 381 g/mol. The Bertz CT molecular complexity index is 964. The third kappa shape index (κ3) is 2.95. The van der Waals surface area contributed by atoms with Crippen molar-refractivity contribution in [1.29, 1.82) is 0 Å². The highest BCUT2D eigenvalue weighted by molar-refractivity contribution is 5.89. The summed E-state index contributed by atoms with van der Waals surface area (Å²) in [5, 5.41) is 0. The number of piperidine rings is 1. The van der Waals surface area contributed by atoms with Crippen molar-refractivity contribution in [2.24, 2.45) is 11.8 Å². The van der Waals surface area contributed by atoms with E-state index >= 15 is 0 Å². The second kappa shape index (κ2) is 6.65. The van der Waals surface area contributed by atoms with Crippen LogP contribution in [0.3, 0.4) is 0 Å². The fourth-order valence-corrected chi connectivity index (χ4v) is 5.02. The van der Waals surface area contributed by atoms with Gasteiger partial charge in [-0.1, -0.05) is 6.07 Å². The lowest BCUT2D eigenvalue weighted by Gasteiger charge is -2.43. The van der Waals surface area contributed by atoms with Gasteiger partial charge in [0.1, 0.15) is 5.76 Å². The van der Waals surface area contributed by atoms with Gasteiger partial charge in [0.25, 0.3) is 5.56 Å². The molecule has 2 aromatic heterocycles. The second-order valence-corrected chi connectivity index (χ2v) is 8.20. The van der Waals surface area contributed by atoms with Gasteiger partial charge in [0.15, 0.2) is 0 Å². The summed E-state index contributed by atoms with van der Waals surface area (Å²) in [6, 6.07) is 9.05. The minimum Gasteiger partial charge on any atom is -0.467 e. The van der Waals surface area contributed by atoms with Gasteiger partial charge in [0.05, 0.1) is 18.7 Å². The molecule has 0 saturated carbocycles. The van der Waals surface area contributed by atoms with Crippen molar-refractivity contribution in [2.45, 2.75) is 31.8 Å². The van der Waals surface area contributed by atoms with E-state index in [0.717, 1.165) is 17.9 Å². The quantitative estimate of drug-likeness (QED) is 0.806. The Morgan fingerprint density at radius 2 is 1.96 bits per heavy atom. The monoisotopic (exact) mass is 381 g/mol. The largest absolute Gasteiger partial charge is 0.467 e. The smallest absolute Gasteiger partial charge is 0.250 e. The molecule has 2 fully saturated rings. The van der Waals surface area contributed by atoms with Gasteiger partial charge in [0.2, 0.25) is 11.8 Å². The van der Waals surface area contributed by atoms with Crippen LogP contribution in [-0.4, -0.2) is 45.8 Å². The van der Waals surface area contributed by atoms with Crippen molar-refractivity contribution in [3.63, 3.8) is 0 Å². The first kappa shape index (κ1) is 17.3. The summed E-state index contributed by atoms with van der Waals surface area (Å²) in [5.74, 6) is 1.00. The zero-order valence-corrected chi connectivity index (χ0v) is 15.6. The molecular weight excluding hydrogens is 358 g/mol. The van der Waals surface area contributed by atoms with Crippen LogP contribution in [0.15, 0.2) is 45.8 Å². The van der Waals surface area contributed by atoms with Crippen molar-refractivity contribution in [2.75, 3.05) is 19.6 Å². The zero-order chi connectivity index (χ0) is 19.3. The molecule has 3 atom stereocenters. The van der Waals surface area contributed by atoms with Crippen molar-refractivity contribution in [3.05, 3.63) is 58.4 Å². The molecule has 0 aromatic carbocycles. The Kier molecular flexibility index (Phi) is 4.10. The summed E-state index contributed by atoms with van der Waals surface area (Å²) in [6.45, 7) is 2.82. The summed E-state index contributed by atoms with van der Waals surface area (Å²) in [6.07, 6.45) is 2.87. The molecule has 2 amide bonds. The van der Waals surface area contributed by atoms with E-state index < -0.39 is 0 Å². The van der Waals surface area contributed by atoms with Crippen LogP contribution in [0.1, 0.15) is 30.2 Å². The Labute approximate surface area is 162 Å². The van der Waals surface area contributed by atoms with Crippen molar-refractivity contribution >= 4 is 11.8 Å². The molecule has 146 valence electrons. The summed E-state index contributed by atoms with van der Waals surface area (Å²) < 4.78 is 7.20. The summed E-state index contributed by atoms with van der Waals surface area (Å²) in [7, 11) is 0. The maximum Gasteiger partial charge on any atom is 0.250 e. The highest BCUT2D eigenvalue weighted by Crippen LogP contribution is 2.36. The highest BCUT2D eigenvalue weighted by Gasteiger charge is 2.41. The van der Waals surface area contributed by atoms with E-state index in [1.165, 1.54) is 0 Å². The van der Waals surface area contributed by atoms with Gasteiger partial charge >= 0.3 is 0 Å². The van der Waals surface area contributed by atoms with E-state index in [0.29, 0.717) is 38.6 Å². The van der Waals surface area contributed by atoms with Gasteiger partial charge < -0.3 is 18.8 Å². The fraction of sp³-hybridized carbons (Fsp3) is 0.476. The SMILES string of the molecule is O=C1C[C@@H](C(=O)N2C[C@H]3C[C@@H](C2)c2cccc(=O)n2C3)CN1Cc1ccco1. The molecule has 28 heavy (non-hydrogen) atoms. The van der Waals surface area contributed by atoms with Crippen LogP contribution in [0, 0.1) is 11.8 Å². The van der Waals surface area contributed by atoms with Crippen LogP contribution in [-0.2, 0) is 22.7 Å². The molecule has 2 bridgehead atoms. The maximum absolute atomic E-state index is 13.2. The van der Waals surface area contributed by atoms with Crippen LogP contribution in [0.2, 0.25) is 0 Å². The summed E-state index contributed by atoms with van der Waals surface area (Å²) >= 11 is 0. The molecule has 5 heterocycles. The van der Waals surface area contributed by atoms with Gasteiger partial charge in [-0.05, 0) is 30.5 Å². The van der Waals surface area contributed by atoms with Crippen LogP contribution in [0.25, 0.3) is 0 Å². The normalized spacial score (nSPS) is 26.4. The number of carbonyl (C=O) groups excluding carboxylic acids is 2. The predicted octanol–water partition coefficient (Wildman–Crippen LogP) is 1.44. The Morgan fingerprint density at radius 1 is 1.07 bits per heavy atom. The maximum atomic E-state index is 13.2. The number of nitrogens with zero attached hydrogens (tertiary/aromatic N) is 3. The van der Waals surface area contributed by atoms with E-state index in [4.69, 9.17) is 4.42 Å². The number of carbonyl (C=O) groups is 2. The van der Waals surface area contributed by atoms with Crippen molar-refractivity contribution in [1.82, 2.24) is 14.4 Å². The van der Waals surface area contributed by atoms with Crippen LogP contribution in [0.5, 0.6) is 0 Å². The number of fused-ring (bicyclic) bond motifs is 4. The molecule has 0 aliphatic carbocycles. The molecule has 3 aliphatic rings. The number of amides is 2. The number of aromatic nitrogens is 1. The fourth-order valence-electron chi connectivity index (χ4n) is 5.02. The number of furan rings is 1. The zero-order valence-electron chi connectivity index (χ0n) is 15.6. The third-order valence-electron chi connectivity index (χ3n) is 6.28. The molecule has 0 radical (unpaired) electrons. The highest BCUT2D eigenvalue weighted by atomic mass is 16.3. The topological polar surface area (TPSA) is 75.8 Å². The number of pyridine rings is 1. The van der Waals surface area contributed by atoms with E-state index in [1.807, 2.05) is 21.6 Å². The lowest BCUT2D eigenvalue weighted by Crippen LogP contribution is -2.50. The Morgan fingerprint density at radius 3 is 2.79 bits per heavy atom. The molecule has 0 spiro atoms. The summed E-state index contributed by atoms with van der Waals surface area (Å²) in [4.78, 5) is 41.3. The number of hydrogen-bond donors (Lipinski definition) is 0. The van der Waals surface area contributed by atoms with Gasteiger partial charge in [0, 0.05) is 50.3 Å². The predicted molar refractivity (Wildman–Crippen MR) is 100 cm³/mol. The first-order valence-electron chi connectivity index (χ1n) is 9.87. The average Bonchev–Trinajstić information content (AvgIpc) is 3.32. The van der Waals surface area contributed by atoms with Crippen molar-refractivity contribution < 1.29 is 14.0 Å².